The van der Waals surface area contributed by atoms with Crippen LogP contribution in [-0.4, -0.2) is 28.2 Å². The third-order valence-corrected chi connectivity index (χ3v) is 3.23. The van der Waals surface area contributed by atoms with Gasteiger partial charge in [-0.15, -0.1) is 0 Å². The van der Waals surface area contributed by atoms with Crippen molar-refractivity contribution in [3.63, 3.8) is 0 Å². The molecule has 0 bridgehead atoms. The van der Waals surface area contributed by atoms with Gasteiger partial charge in [0, 0.05) is 5.92 Å². The van der Waals surface area contributed by atoms with Gasteiger partial charge < -0.3 is 15.9 Å². The molecule has 0 aliphatic heterocycles. The first-order valence-electron chi connectivity index (χ1n) is 6.01. The summed E-state index contributed by atoms with van der Waals surface area (Å²) in [5, 5.41) is 18.5. The number of carboxylic acids is 2. The van der Waals surface area contributed by atoms with Crippen molar-refractivity contribution in [1.82, 2.24) is 0 Å². The van der Waals surface area contributed by atoms with Crippen LogP contribution in [-0.2, 0) is 9.59 Å². The molecule has 0 aliphatic rings. The average Bonchev–Trinajstić information content (AvgIpc) is 2.07. The van der Waals surface area contributed by atoms with Crippen molar-refractivity contribution < 1.29 is 19.8 Å². The SMILES string of the molecule is CC(C)(C)C(C(=O)O)C(C(N)C(=O)O)C(C)(C)C. The molecule has 0 fully saturated rings. The molecule has 106 valence electrons. The molecule has 4 N–H and O–H groups in total. The van der Waals surface area contributed by atoms with Gasteiger partial charge in [0.05, 0.1) is 5.92 Å². The summed E-state index contributed by atoms with van der Waals surface area (Å²) in [6.07, 6.45) is 0. The predicted octanol–water partition coefficient (Wildman–Crippen LogP) is 1.81. The van der Waals surface area contributed by atoms with E-state index in [-0.39, 0.29) is 0 Å². The summed E-state index contributed by atoms with van der Waals surface area (Å²) < 4.78 is 0. The van der Waals surface area contributed by atoms with Gasteiger partial charge in [-0.25, -0.2) is 0 Å². The average molecular weight is 259 g/mol. The van der Waals surface area contributed by atoms with Gasteiger partial charge in [0.15, 0.2) is 0 Å². The summed E-state index contributed by atoms with van der Waals surface area (Å²) in [5.41, 5.74) is 4.65. The minimum absolute atomic E-state index is 0.506. The summed E-state index contributed by atoms with van der Waals surface area (Å²) in [7, 11) is 0. The maximum atomic E-state index is 11.5. The zero-order valence-electron chi connectivity index (χ0n) is 12.0. The summed E-state index contributed by atoms with van der Waals surface area (Å²) in [6.45, 7) is 10.8. The van der Waals surface area contributed by atoms with Gasteiger partial charge in [0.2, 0.25) is 0 Å². The molecule has 0 saturated heterocycles. The van der Waals surface area contributed by atoms with Crippen molar-refractivity contribution in [3.8, 4) is 0 Å². The Bertz CT molecular complexity index is 325. The van der Waals surface area contributed by atoms with E-state index in [0.29, 0.717) is 0 Å². The van der Waals surface area contributed by atoms with Crippen LogP contribution in [0.5, 0.6) is 0 Å². The van der Waals surface area contributed by atoms with Crippen LogP contribution >= 0.6 is 0 Å². The highest BCUT2D eigenvalue weighted by Gasteiger charge is 2.48. The van der Waals surface area contributed by atoms with Gasteiger partial charge in [-0.2, -0.15) is 0 Å². The van der Waals surface area contributed by atoms with E-state index in [1.54, 1.807) is 20.8 Å². The molecule has 0 aromatic carbocycles. The minimum Gasteiger partial charge on any atom is -0.481 e. The van der Waals surface area contributed by atoms with E-state index in [4.69, 9.17) is 10.8 Å². The Balaban J connectivity index is 5.69. The Morgan fingerprint density at radius 3 is 1.44 bits per heavy atom. The topological polar surface area (TPSA) is 101 Å². The van der Waals surface area contributed by atoms with Crippen molar-refractivity contribution in [2.75, 3.05) is 0 Å². The van der Waals surface area contributed by atoms with Crippen molar-refractivity contribution in [1.29, 1.82) is 0 Å². The number of hydrogen-bond donors (Lipinski definition) is 3. The molecule has 18 heavy (non-hydrogen) atoms. The third kappa shape index (κ3) is 3.98. The van der Waals surface area contributed by atoms with Crippen LogP contribution < -0.4 is 5.73 Å². The number of nitrogens with two attached hydrogens (primary N) is 1. The van der Waals surface area contributed by atoms with Gasteiger partial charge in [0.1, 0.15) is 6.04 Å². The van der Waals surface area contributed by atoms with Gasteiger partial charge in [-0.3, -0.25) is 9.59 Å². The molecule has 0 amide bonds. The summed E-state index contributed by atoms with van der Waals surface area (Å²) in [4.78, 5) is 22.6. The van der Waals surface area contributed by atoms with Crippen LogP contribution in [0.3, 0.4) is 0 Å². The highest BCUT2D eigenvalue weighted by molar-refractivity contribution is 5.77. The predicted molar refractivity (Wildman–Crippen MR) is 69.1 cm³/mol. The lowest BCUT2D eigenvalue weighted by Gasteiger charge is -2.43. The first-order chi connectivity index (χ1) is 7.80. The molecule has 0 rings (SSSR count). The molecule has 0 spiro atoms. The van der Waals surface area contributed by atoms with E-state index in [1.807, 2.05) is 20.8 Å². The van der Waals surface area contributed by atoms with Crippen molar-refractivity contribution in [2.45, 2.75) is 47.6 Å². The highest BCUT2D eigenvalue weighted by atomic mass is 16.4. The first kappa shape index (κ1) is 16.9. The second-order valence-electron chi connectivity index (χ2n) is 6.94. The molecule has 3 unspecified atom stereocenters. The van der Waals surface area contributed by atoms with E-state index < -0.39 is 40.6 Å². The fraction of sp³-hybridized carbons (Fsp3) is 0.846. The van der Waals surface area contributed by atoms with Crippen LogP contribution in [0.15, 0.2) is 0 Å². The van der Waals surface area contributed by atoms with Gasteiger partial charge in [0.25, 0.3) is 0 Å². The lowest BCUT2D eigenvalue weighted by atomic mass is 9.61. The van der Waals surface area contributed by atoms with Gasteiger partial charge >= 0.3 is 11.9 Å². The van der Waals surface area contributed by atoms with Crippen molar-refractivity contribution in [2.24, 2.45) is 28.4 Å². The number of carbonyl (C=O) groups is 2. The molecule has 0 radical (unpaired) electrons. The summed E-state index contributed by atoms with van der Waals surface area (Å²) in [5.74, 6) is -3.62. The van der Waals surface area contributed by atoms with E-state index in [1.165, 1.54) is 0 Å². The Morgan fingerprint density at radius 2 is 1.28 bits per heavy atom. The van der Waals surface area contributed by atoms with Crippen LogP contribution in [0.25, 0.3) is 0 Å². The smallest absolute Gasteiger partial charge is 0.320 e. The molecule has 0 aromatic heterocycles. The van der Waals surface area contributed by atoms with Crippen LogP contribution in [0.1, 0.15) is 41.5 Å². The molecule has 0 saturated carbocycles. The summed E-state index contributed by atoms with van der Waals surface area (Å²) in [6, 6.07) is -1.19. The van der Waals surface area contributed by atoms with Crippen LogP contribution in [0.2, 0.25) is 0 Å². The van der Waals surface area contributed by atoms with E-state index >= 15 is 0 Å². The second kappa shape index (κ2) is 5.26. The molecular weight excluding hydrogens is 234 g/mol. The Hall–Kier alpha value is -1.10. The quantitative estimate of drug-likeness (QED) is 0.714. The fourth-order valence-electron chi connectivity index (χ4n) is 2.46. The number of carboxylic acid groups (broad SMARTS) is 2. The number of rotatable bonds is 4. The normalized spacial score (nSPS) is 17.9. The molecule has 5 nitrogen and oxygen atoms in total. The zero-order chi connectivity index (χ0) is 14.9. The molecule has 0 heterocycles. The Morgan fingerprint density at radius 1 is 0.889 bits per heavy atom. The Labute approximate surface area is 108 Å². The fourth-order valence-corrected chi connectivity index (χ4v) is 2.46. The Kier molecular flexibility index (Phi) is 4.94. The van der Waals surface area contributed by atoms with Crippen molar-refractivity contribution in [3.05, 3.63) is 0 Å². The highest BCUT2D eigenvalue weighted by Crippen LogP contribution is 2.43. The molecule has 0 aromatic rings. The lowest BCUT2D eigenvalue weighted by molar-refractivity contribution is -0.155. The molecule has 5 heteroatoms. The van der Waals surface area contributed by atoms with Gasteiger partial charge in [-0.05, 0) is 10.8 Å². The number of hydrogen-bond acceptors (Lipinski definition) is 3. The molecule has 0 aliphatic carbocycles. The van der Waals surface area contributed by atoms with E-state index in [9.17, 15) is 14.7 Å². The third-order valence-electron chi connectivity index (χ3n) is 3.23. The zero-order valence-corrected chi connectivity index (χ0v) is 12.0. The standard InChI is InChI=1S/C13H25NO4/c1-12(2,3)7(9(14)11(17)18)8(10(15)16)13(4,5)6/h7-9H,14H2,1-6H3,(H,15,16)(H,17,18). The number of aliphatic carboxylic acids is 2. The maximum absolute atomic E-state index is 11.5. The largest absolute Gasteiger partial charge is 0.481 e. The van der Waals surface area contributed by atoms with E-state index in [2.05, 4.69) is 0 Å². The molecular formula is C13H25NO4. The maximum Gasteiger partial charge on any atom is 0.320 e. The van der Waals surface area contributed by atoms with E-state index in [0.717, 1.165) is 0 Å². The van der Waals surface area contributed by atoms with Crippen LogP contribution in [0.4, 0.5) is 0 Å². The van der Waals surface area contributed by atoms with Crippen LogP contribution in [0, 0.1) is 22.7 Å². The monoisotopic (exact) mass is 259 g/mol. The molecule has 3 atom stereocenters. The van der Waals surface area contributed by atoms with Crippen molar-refractivity contribution >= 4 is 11.9 Å². The minimum atomic E-state index is -1.19. The van der Waals surface area contributed by atoms with Gasteiger partial charge in [-0.1, -0.05) is 41.5 Å². The summed E-state index contributed by atoms with van der Waals surface area (Å²) >= 11 is 0. The lowest BCUT2D eigenvalue weighted by Crippen LogP contribution is -2.53. The second-order valence-corrected chi connectivity index (χ2v) is 6.94. The first-order valence-corrected chi connectivity index (χ1v) is 6.01.